The number of carbonyl (C=O) groups is 1. The molecule has 0 unspecified atom stereocenters. The van der Waals surface area contributed by atoms with E-state index in [0.717, 1.165) is 25.0 Å². The molecule has 1 fully saturated rings. The second-order valence-electron chi connectivity index (χ2n) is 4.65. The van der Waals surface area contributed by atoms with E-state index in [-0.39, 0.29) is 6.54 Å². The van der Waals surface area contributed by atoms with Crippen molar-refractivity contribution in [3.05, 3.63) is 35.1 Å². The lowest BCUT2D eigenvalue weighted by molar-refractivity contribution is -0.140. The fourth-order valence-corrected chi connectivity index (χ4v) is 1.76. The lowest BCUT2D eigenvalue weighted by Gasteiger charge is -2.11. The molecule has 3 nitrogen and oxygen atoms in total. The minimum absolute atomic E-state index is 0.241. The van der Waals surface area contributed by atoms with Gasteiger partial charge in [0.15, 0.2) is 0 Å². The number of amides is 1. The lowest BCUT2D eigenvalue weighted by Crippen LogP contribution is -2.33. The molecule has 20 heavy (non-hydrogen) atoms. The molecule has 1 amide bonds. The molecule has 0 spiro atoms. The first-order valence-electron chi connectivity index (χ1n) is 6.27. The summed E-state index contributed by atoms with van der Waals surface area (Å²) in [4.78, 5) is 11.7. The molecule has 1 aromatic rings. The monoisotopic (exact) mass is 290 g/mol. The maximum atomic E-state index is 13.7. The molecule has 0 heterocycles. The molecule has 0 radical (unpaired) electrons. The summed E-state index contributed by atoms with van der Waals surface area (Å²) in [5, 5.41) is 5.52. The summed E-state index contributed by atoms with van der Waals surface area (Å²) in [6.07, 6.45) is -2.62. The van der Waals surface area contributed by atoms with Gasteiger partial charge in [0.2, 0.25) is 0 Å². The highest BCUT2D eigenvalue weighted by molar-refractivity contribution is 5.94. The zero-order valence-electron chi connectivity index (χ0n) is 10.6. The van der Waals surface area contributed by atoms with Crippen LogP contribution in [0.4, 0.5) is 17.6 Å². The van der Waals surface area contributed by atoms with E-state index in [1.54, 1.807) is 0 Å². The minimum atomic E-state index is -4.81. The van der Waals surface area contributed by atoms with Gasteiger partial charge in [0.05, 0.1) is 11.1 Å². The third kappa shape index (κ3) is 3.69. The SMILES string of the molecule is O=C(NCCNC1CC1)c1cccc(C(F)(F)F)c1F. The predicted molar refractivity (Wildman–Crippen MR) is 64.8 cm³/mol. The molecule has 1 saturated carbocycles. The summed E-state index contributed by atoms with van der Waals surface area (Å²) in [5.74, 6) is -2.38. The zero-order valence-corrected chi connectivity index (χ0v) is 10.6. The van der Waals surface area contributed by atoms with Crippen LogP contribution in [0.15, 0.2) is 18.2 Å². The summed E-state index contributed by atoms with van der Waals surface area (Å²) in [6.45, 7) is 0.752. The highest BCUT2D eigenvalue weighted by Gasteiger charge is 2.35. The van der Waals surface area contributed by atoms with Crippen molar-refractivity contribution >= 4 is 5.91 Å². The Bertz CT molecular complexity index is 498. The van der Waals surface area contributed by atoms with Crippen LogP contribution in [-0.4, -0.2) is 25.0 Å². The second kappa shape index (κ2) is 5.78. The Kier molecular flexibility index (Phi) is 4.27. The Hall–Kier alpha value is -1.63. The maximum absolute atomic E-state index is 13.7. The van der Waals surface area contributed by atoms with Crippen molar-refractivity contribution in [2.75, 3.05) is 13.1 Å². The molecule has 0 aromatic heterocycles. The number of halogens is 4. The number of alkyl halides is 3. The first kappa shape index (κ1) is 14.8. The average molecular weight is 290 g/mol. The normalized spacial score (nSPS) is 15.2. The van der Waals surface area contributed by atoms with Crippen LogP contribution in [0.3, 0.4) is 0 Å². The summed E-state index contributed by atoms with van der Waals surface area (Å²) in [5.41, 5.74) is -2.02. The first-order chi connectivity index (χ1) is 9.39. The molecule has 7 heteroatoms. The van der Waals surface area contributed by atoms with Crippen LogP contribution >= 0.6 is 0 Å². The molecule has 110 valence electrons. The lowest BCUT2D eigenvalue weighted by atomic mass is 10.1. The third-order valence-electron chi connectivity index (χ3n) is 2.97. The van der Waals surface area contributed by atoms with Crippen LogP contribution in [0, 0.1) is 5.82 Å². The van der Waals surface area contributed by atoms with Gasteiger partial charge in [-0.05, 0) is 25.0 Å². The molecule has 0 saturated heterocycles. The summed E-state index contributed by atoms with van der Waals surface area (Å²) in [7, 11) is 0. The van der Waals surface area contributed by atoms with E-state index >= 15 is 0 Å². The number of carbonyl (C=O) groups excluding carboxylic acids is 1. The Balaban J connectivity index is 1.98. The molecule has 1 aromatic carbocycles. The quantitative estimate of drug-likeness (QED) is 0.645. The molecule has 1 aliphatic carbocycles. The van der Waals surface area contributed by atoms with Gasteiger partial charge in [-0.15, -0.1) is 0 Å². The van der Waals surface area contributed by atoms with E-state index in [2.05, 4.69) is 10.6 Å². The largest absolute Gasteiger partial charge is 0.419 e. The van der Waals surface area contributed by atoms with Crippen molar-refractivity contribution in [1.82, 2.24) is 10.6 Å². The number of benzene rings is 1. The van der Waals surface area contributed by atoms with Crippen molar-refractivity contribution in [2.24, 2.45) is 0 Å². The van der Waals surface area contributed by atoms with Crippen LogP contribution in [0.2, 0.25) is 0 Å². The summed E-state index contributed by atoms with van der Waals surface area (Å²) in [6, 6.07) is 3.13. The van der Waals surface area contributed by atoms with Gasteiger partial charge < -0.3 is 10.6 Å². The Morgan fingerprint density at radius 2 is 1.95 bits per heavy atom. The third-order valence-corrected chi connectivity index (χ3v) is 2.97. The minimum Gasteiger partial charge on any atom is -0.351 e. The number of hydrogen-bond acceptors (Lipinski definition) is 2. The Morgan fingerprint density at radius 3 is 2.55 bits per heavy atom. The number of hydrogen-bond donors (Lipinski definition) is 2. The van der Waals surface area contributed by atoms with E-state index in [0.29, 0.717) is 18.7 Å². The van der Waals surface area contributed by atoms with Crippen LogP contribution < -0.4 is 10.6 Å². The van der Waals surface area contributed by atoms with Crippen LogP contribution in [0.25, 0.3) is 0 Å². The summed E-state index contributed by atoms with van der Waals surface area (Å²) >= 11 is 0. The van der Waals surface area contributed by atoms with Gasteiger partial charge in [-0.1, -0.05) is 6.07 Å². The fraction of sp³-hybridized carbons (Fsp3) is 0.462. The molecular weight excluding hydrogens is 276 g/mol. The smallest absolute Gasteiger partial charge is 0.351 e. The Labute approximate surface area is 113 Å². The molecule has 0 atom stereocenters. The second-order valence-corrected chi connectivity index (χ2v) is 4.65. The van der Waals surface area contributed by atoms with Gasteiger partial charge in [-0.25, -0.2) is 4.39 Å². The van der Waals surface area contributed by atoms with Crippen LogP contribution in [0.1, 0.15) is 28.8 Å². The van der Waals surface area contributed by atoms with E-state index < -0.39 is 29.0 Å². The Morgan fingerprint density at radius 1 is 1.25 bits per heavy atom. The zero-order chi connectivity index (χ0) is 14.8. The molecule has 0 bridgehead atoms. The van der Waals surface area contributed by atoms with E-state index in [1.165, 1.54) is 0 Å². The van der Waals surface area contributed by atoms with Crippen molar-refractivity contribution in [3.63, 3.8) is 0 Å². The maximum Gasteiger partial charge on any atom is 0.419 e. The standard InChI is InChI=1S/C13H14F4N2O/c14-11-9(2-1-3-10(11)13(15,16)17)12(20)19-7-6-18-8-4-5-8/h1-3,8,18H,4-7H2,(H,19,20). The van der Waals surface area contributed by atoms with Gasteiger partial charge in [-0.2, -0.15) is 13.2 Å². The van der Waals surface area contributed by atoms with Gasteiger partial charge in [0.25, 0.3) is 5.91 Å². The predicted octanol–water partition coefficient (Wildman–Crippen LogP) is 2.33. The van der Waals surface area contributed by atoms with Crippen molar-refractivity contribution in [1.29, 1.82) is 0 Å². The van der Waals surface area contributed by atoms with Crippen LogP contribution in [-0.2, 0) is 6.18 Å². The van der Waals surface area contributed by atoms with Crippen molar-refractivity contribution in [2.45, 2.75) is 25.1 Å². The molecule has 1 aliphatic rings. The molecule has 0 aliphatic heterocycles. The highest BCUT2D eigenvalue weighted by atomic mass is 19.4. The number of nitrogens with one attached hydrogen (secondary N) is 2. The van der Waals surface area contributed by atoms with Gasteiger partial charge in [0, 0.05) is 19.1 Å². The first-order valence-corrected chi connectivity index (χ1v) is 6.27. The van der Waals surface area contributed by atoms with Crippen molar-refractivity contribution in [3.8, 4) is 0 Å². The van der Waals surface area contributed by atoms with Gasteiger partial charge in [-0.3, -0.25) is 4.79 Å². The van der Waals surface area contributed by atoms with E-state index in [9.17, 15) is 22.4 Å². The van der Waals surface area contributed by atoms with Gasteiger partial charge >= 0.3 is 6.18 Å². The molecule has 2 rings (SSSR count). The fourth-order valence-electron chi connectivity index (χ4n) is 1.76. The topological polar surface area (TPSA) is 41.1 Å². The highest BCUT2D eigenvalue weighted by Crippen LogP contribution is 2.32. The van der Waals surface area contributed by atoms with E-state index in [1.807, 2.05) is 0 Å². The van der Waals surface area contributed by atoms with Gasteiger partial charge in [0.1, 0.15) is 5.82 Å². The van der Waals surface area contributed by atoms with Crippen LogP contribution in [0.5, 0.6) is 0 Å². The average Bonchev–Trinajstić information content (AvgIpc) is 3.17. The van der Waals surface area contributed by atoms with Crippen molar-refractivity contribution < 1.29 is 22.4 Å². The number of rotatable bonds is 5. The summed E-state index contributed by atoms with van der Waals surface area (Å²) < 4.78 is 51.2. The van der Waals surface area contributed by atoms with E-state index in [4.69, 9.17) is 0 Å². The molecular formula is C13H14F4N2O. The molecule has 2 N–H and O–H groups in total.